The number of ether oxygens (including phenoxy) is 2. The minimum Gasteiger partial charge on any atom is -0.483 e. The fourth-order valence-corrected chi connectivity index (χ4v) is 2.36. The van der Waals surface area contributed by atoms with Crippen molar-refractivity contribution in [3.8, 4) is 11.5 Å². The van der Waals surface area contributed by atoms with E-state index in [0.29, 0.717) is 17.4 Å². The zero-order chi connectivity index (χ0) is 18.9. The van der Waals surface area contributed by atoms with Gasteiger partial charge in [0.2, 0.25) is 0 Å². The van der Waals surface area contributed by atoms with E-state index < -0.39 is 12.6 Å². The standard InChI is InChI=1S/C20H23NO5/c1-3-14(2)17-6-4-5-7-18(17)26-12-19(22)21-15-8-10-16(11-9-15)25-13-20(23)24/h4-11,14H,3,12-13H2,1-2H3,(H,21,22)(H,23,24)/t14-/m0/s1. The number of benzene rings is 2. The summed E-state index contributed by atoms with van der Waals surface area (Å²) in [6.45, 7) is 3.73. The first-order chi connectivity index (χ1) is 12.5. The normalized spacial score (nSPS) is 11.5. The van der Waals surface area contributed by atoms with Crippen LogP contribution in [0.25, 0.3) is 0 Å². The Balaban J connectivity index is 1.88. The van der Waals surface area contributed by atoms with E-state index in [-0.39, 0.29) is 12.5 Å². The smallest absolute Gasteiger partial charge is 0.341 e. The number of aliphatic carboxylic acids is 1. The highest BCUT2D eigenvalue weighted by Gasteiger charge is 2.11. The van der Waals surface area contributed by atoms with E-state index in [0.717, 1.165) is 17.7 Å². The Morgan fingerprint density at radius 3 is 2.38 bits per heavy atom. The molecular weight excluding hydrogens is 334 g/mol. The summed E-state index contributed by atoms with van der Waals surface area (Å²) in [5.74, 6) is 0.173. The van der Waals surface area contributed by atoms with E-state index in [1.54, 1.807) is 24.3 Å². The van der Waals surface area contributed by atoms with Gasteiger partial charge in [-0.2, -0.15) is 0 Å². The third-order valence-corrected chi connectivity index (χ3v) is 3.92. The maximum Gasteiger partial charge on any atom is 0.341 e. The molecule has 0 aliphatic rings. The fraction of sp³-hybridized carbons (Fsp3) is 0.300. The zero-order valence-electron chi connectivity index (χ0n) is 14.9. The number of nitrogens with one attached hydrogen (secondary N) is 1. The van der Waals surface area contributed by atoms with Crippen LogP contribution in [0.15, 0.2) is 48.5 Å². The van der Waals surface area contributed by atoms with Crippen molar-refractivity contribution in [2.45, 2.75) is 26.2 Å². The van der Waals surface area contributed by atoms with Crippen LogP contribution in [-0.4, -0.2) is 30.2 Å². The number of rotatable bonds is 9. The van der Waals surface area contributed by atoms with Gasteiger partial charge in [-0.25, -0.2) is 4.79 Å². The van der Waals surface area contributed by atoms with E-state index in [4.69, 9.17) is 14.6 Å². The van der Waals surface area contributed by atoms with Crippen LogP contribution >= 0.6 is 0 Å². The van der Waals surface area contributed by atoms with Gasteiger partial charge in [0, 0.05) is 5.69 Å². The number of para-hydroxylation sites is 1. The molecule has 2 N–H and O–H groups in total. The molecule has 0 saturated carbocycles. The summed E-state index contributed by atoms with van der Waals surface area (Å²) in [6.07, 6.45) is 0.989. The summed E-state index contributed by atoms with van der Waals surface area (Å²) in [7, 11) is 0. The molecule has 2 rings (SSSR count). The van der Waals surface area contributed by atoms with Gasteiger partial charge in [-0.15, -0.1) is 0 Å². The maximum atomic E-state index is 12.1. The highest BCUT2D eigenvalue weighted by Crippen LogP contribution is 2.28. The average molecular weight is 357 g/mol. The van der Waals surface area contributed by atoms with Crippen molar-refractivity contribution in [1.82, 2.24) is 0 Å². The summed E-state index contributed by atoms with van der Waals surface area (Å²) in [6, 6.07) is 14.2. The van der Waals surface area contributed by atoms with Gasteiger partial charge in [0.25, 0.3) is 5.91 Å². The minimum absolute atomic E-state index is 0.0925. The number of hydrogen-bond acceptors (Lipinski definition) is 4. The molecule has 0 aromatic heterocycles. The number of hydrogen-bond donors (Lipinski definition) is 2. The largest absolute Gasteiger partial charge is 0.483 e. The Bertz CT molecular complexity index is 742. The second-order valence-corrected chi connectivity index (χ2v) is 5.89. The topological polar surface area (TPSA) is 84.9 Å². The summed E-state index contributed by atoms with van der Waals surface area (Å²) < 4.78 is 10.7. The number of carbonyl (C=O) groups excluding carboxylic acids is 1. The van der Waals surface area contributed by atoms with Crippen LogP contribution < -0.4 is 14.8 Å². The molecule has 0 aliphatic heterocycles. The molecule has 0 aliphatic carbocycles. The Morgan fingerprint density at radius 1 is 1.04 bits per heavy atom. The molecule has 1 amide bonds. The summed E-state index contributed by atoms with van der Waals surface area (Å²) in [4.78, 5) is 22.6. The van der Waals surface area contributed by atoms with Crippen molar-refractivity contribution < 1.29 is 24.2 Å². The van der Waals surface area contributed by atoms with Crippen molar-refractivity contribution in [1.29, 1.82) is 0 Å². The lowest BCUT2D eigenvalue weighted by atomic mass is 9.98. The number of anilines is 1. The molecule has 0 fully saturated rings. The van der Waals surface area contributed by atoms with Crippen LogP contribution in [0.2, 0.25) is 0 Å². The maximum absolute atomic E-state index is 12.1. The molecule has 6 heteroatoms. The van der Waals surface area contributed by atoms with Crippen molar-refractivity contribution in [3.05, 3.63) is 54.1 Å². The minimum atomic E-state index is -1.04. The van der Waals surface area contributed by atoms with Crippen LogP contribution in [-0.2, 0) is 9.59 Å². The van der Waals surface area contributed by atoms with Crippen LogP contribution in [0, 0.1) is 0 Å². The number of carboxylic acids is 1. The zero-order valence-corrected chi connectivity index (χ0v) is 14.9. The summed E-state index contributed by atoms with van der Waals surface area (Å²) in [5.41, 5.74) is 1.67. The average Bonchev–Trinajstić information content (AvgIpc) is 2.65. The highest BCUT2D eigenvalue weighted by atomic mass is 16.5. The van der Waals surface area contributed by atoms with Gasteiger partial charge in [0.05, 0.1) is 0 Å². The predicted octanol–water partition coefficient (Wildman–Crippen LogP) is 3.68. The third kappa shape index (κ3) is 5.81. The molecule has 1 atom stereocenters. The van der Waals surface area contributed by atoms with Gasteiger partial charge in [-0.05, 0) is 48.2 Å². The first-order valence-corrected chi connectivity index (χ1v) is 8.45. The molecule has 6 nitrogen and oxygen atoms in total. The molecule has 0 bridgehead atoms. The number of amides is 1. The van der Waals surface area contributed by atoms with Crippen LogP contribution in [0.3, 0.4) is 0 Å². The van der Waals surface area contributed by atoms with Crippen LogP contribution in [0.5, 0.6) is 11.5 Å². The van der Waals surface area contributed by atoms with E-state index in [2.05, 4.69) is 19.2 Å². The van der Waals surface area contributed by atoms with Crippen molar-refractivity contribution in [3.63, 3.8) is 0 Å². The van der Waals surface area contributed by atoms with Gasteiger partial charge in [-0.3, -0.25) is 4.79 Å². The van der Waals surface area contributed by atoms with Gasteiger partial charge < -0.3 is 19.9 Å². The monoisotopic (exact) mass is 357 g/mol. The summed E-state index contributed by atoms with van der Waals surface area (Å²) >= 11 is 0. The molecule has 2 aromatic rings. The molecule has 0 saturated heterocycles. The molecule has 0 radical (unpaired) electrons. The molecule has 0 unspecified atom stereocenters. The summed E-state index contributed by atoms with van der Waals surface area (Å²) in [5, 5.41) is 11.3. The van der Waals surface area contributed by atoms with Gasteiger partial charge in [-0.1, -0.05) is 32.0 Å². The number of carboxylic acid groups (broad SMARTS) is 1. The lowest BCUT2D eigenvalue weighted by Gasteiger charge is -2.15. The third-order valence-electron chi connectivity index (χ3n) is 3.92. The molecule has 2 aromatic carbocycles. The van der Waals surface area contributed by atoms with Crippen LogP contribution in [0.1, 0.15) is 31.7 Å². The Kier molecular flexibility index (Phi) is 7.02. The molecular formula is C20H23NO5. The lowest BCUT2D eigenvalue weighted by Crippen LogP contribution is -2.20. The van der Waals surface area contributed by atoms with E-state index >= 15 is 0 Å². The predicted molar refractivity (Wildman–Crippen MR) is 98.8 cm³/mol. The lowest BCUT2D eigenvalue weighted by molar-refractivity contribution is -0.139. The van der Waals surface area contributed by atoms with Crippen LogP contribution in [0.4, 0.5) is 5.69 Å². The molecule has 26 heavy (non-hydrogen) atoms. The first-order valence-electron chi connectivity index (χ1n) is 8.45. The Labute approximate surface area is 152 Å². The SMILES string of the molecule is CC[C@H](C)c1ccccc1OCC(=O)Nc1ccc(OCC(=O)O)cc1. The Hall–Kier alpha value is -3.02. The van der Waals surface area contributed by atoms with Gasteiger partial charge in [0.1, 0.15) is 11.5 Å². The Morgan fingerprint density at radius 2 is 1.73 bits per heavy atom. The van der Waals surface area contributed by atoms with Crippen molar-refractivity contribution >= 4 is 17.6 Å². The van der Waals surface area contributed by atoms with Gasteiger partial charge in [0.15, 0.2) is 13.2 Å². The highest BCUT2D eigenvalue weighted by molar-refractivity contribution is 5.91. The first kappa shape index (κ1) is 19.3. The quantitative estimate of drug-likeness (QED) is 0.715. The second-order valence-electron chi connectivity index (χ2n) is 5.89. The molecule has 0 spiro atoms. The molecule has 138 valence electrons. The van der Waals surface area contributed by atoms with Gasteiger partial charge >= 0.3 is 5.97 Å². The van der Waals surface area contributed by atoms with Crippen molar-refractivity contribution in [2.75, 3.05) is 18.5 Å². The number of carbonyl (C=O) groups is 2. The van der Waals surface area contributed by atoms with E-state index in [1.165, 1.54) is 0 Å². The molecule has 0 heterocycles. The van der Waals surface area contributed by atoms with Crippen molar-refractivity contribution in [2.24, 2.45) is 0 Å². The van der Waals surface area contributed by atoms with E-state index in [1.807, 2.05) is 24.3 Å². The van der Waals surface area contributed by atoms with E-state index in [9.17, 15) is 9.59 Å². The second kappa shape index (κ2) is 9.46. The fourth-order valence-electron chi connectivity index (χ4n) is 2.36.